The molecule has 2 N–H and O–H groups in total. The molecule has 0 radical (unpaired) electrons. The molecule has 1 aliphatic carbocycles. The van der Waals surface area contributed by atoms with Gasteiger partial charge in [-0.2, -0.15) is 13.2 Å². The number of fused-ring (bicyclic) bond motifs is 2. The molecule has 1 unspecified atom stereocenters. The average molecular weight is 625 g/mol. The summed E-state index contributed by atoms with van der Waals surface area (Å²) in [6.45, 7) is 9.62. The van der Waals surface area contributed by atoms with Crippen LogP contribution in [0.15, 0.2) is 36.5 Å². The number of anilines is 2. The highest BCUT2D eigenvalue weighted by Crippen LogP contribution is 2.47. The molecule has 2 aromatic carbocycles. The fraction of sp³-hybridized carbons (Fsp3) is 0.500. The number of carbonyl (C=O) groups excluding carboxylic acids is 1. The van der Waals surface area contributed by atoms with Gasteiger partial charge in [0, 0.05) is 42.6 Å². The standard InChI is InChI=1S/C34H39F3N4O4/c1-32(2,43)18-41-14-6-9-22(17-41)23-11-13-26(30-29(23)44-19-45-30)40-31-38-16-24(34(35,36)37)25(39-31)12-10-20-7-5-8-21-15-27(42)33(3,4)28(20)21/h5,7-8,11,13,16,22,43H,6,9-10,12,14-15,17-19H2,1-4H3,(H,38,39,40). The number of aliphatic hydroxyl groups is 1. The fourth-order valence-corrected chi connectivity index (χ4v) is 7.06. The van der Waals surface area contributed by atoms with Gasteiger partial charge in [-0.05, 0) is 82.7 Å². The fourth-order valence-electron chi connectivity index (χ4n) is 7.06. The van der Waals surface area contributed by atoms with Gasteiger partial charge >= 0.3 is 6.18 Å². The summed E-state index contributed by atoms with van der Waals surface area (Å²) in [6, 6.07) is 9.42. The third-order valence-corrected chi connectivity index (χ3v) is 9.07. The predicted octanol–water partition coefficient (Wildman–Crippen LogP) is 6.11. The van der Waals surface area contributed by atoms with Crippen molar-refractivity contribution in [1.82, 2.24) is 14.9 Å². The molecule has 3 heterocycles. The van der Waals surface area contributed by atoms with E-state index in [9.17, 15) is 23.1 Å². The lowest BCUT2D eigenvalue weighted by Gasteiger charge is -2.36. The van der Waals surface area contributed by atoms with Crippen molar-refractivity contribution in [1.29, 1.82) is 0 Å². The number of alkyl halides is 3. The van der Waals surface area contributed by atoms with Crippen LogP contribution in [0, 0.1) is 0 Å². The van der Waals surface area contributed by atoms with Gasteiger partial charge in [-0.25, -0.2) is 9.97 Å². The molecule has 1 fully saturated rings. The number of aromatic nitrogens is 2. The number of hydrogen-bond acceptors (Lipinski definition) is 8. The van der Waals surface area contributed by atoms with Crippen molar-refractivity contribution in [2.24, 2.45) is 0 Å². The summed E-state index contributed by atoms with van der Waals surface area (Å²) in [4.78, 5) is 23.2. The van der Waals surface area contributed by atoms with Crippen LogP contribution in [0.2, 0.25) is 0 Å². The number of piperidine rings is 1. The van der Waals surface area contributed by atoms with Gasteiger partial charge in [0.15, 0.2) is 11.5 Å². The van der Waals surface area contributed by atoms with E-state index in [-0.39, 0.29) is 36.6 Å². The Hall–Kier alpha value is -3.70. The molecular weight excluding hydrogens is 585 g/mol. The molecule has 1 saturated heterocycles. The smallest absolute Gasteiger partial charge is 0.419 e. The molecule has 1 atom stereocenters. The number of ether oxygens (including phenoxy) is 2. The van der Waals surface area contributed by atoms with Gasteiger partial charge < -0.3 is 19.9 Å². The highest BCUT2D eigenvalue weighted by Gasteiger charge is 2.40. The van der Waals surface area contributed by atoms with Crippen LogP contribution in [0.25, 0.3) is 0 Å². The first kappa shape index (κ1) is 31.3. The van der Waals surface area contributed by atoms with Crippen molar-refractivity contribution in [3.05, 3.63) is 70.0 Å². The van der Waals surface area contributed by atoms with Crippen molar-refractivity contribution >= 4 is 17.4 Å². The van der Waals surface area contributed by atoms with E-state index in [1.54, 1.807) is 13.8 Å². The first-order chi connectivity index (χ1) is 21.2. The highest BCUT2D eigenvalue weighted by molar-refractivity contribution is 5.96. The molecular formula is C34H39F3N4O4. The number of likely N-dealkylation sites (tertiary alicyclic amines) is 1. The van der Waals surface area contributed by atoms with Crippen molar-refractivity contribution in [2.75, 3.05) is 31.7 Å². The minimum absolute atomic E-state index is 0.0197. The second-order valence-electron chi connectivity index (χ2n) is 13.5. The number of aryl methyl sites for hydroxylation is 2. The largest absolute Gasteiger partial charge is 0.453 e. The summed E-state index contributed by atoms with van der Waals surface area (Å²) in [5.74, 6) is 1.39. The molecule has 1 aromatic heterocycles. The van der Waals surface area contributed by atoms with Crippen molar-refractivity contribution < 1.29 is 32.5 Å². The van der Waals surface area contributed by atoms with Gasteiger partial charge in [0.05, 0.1) is 22.5 Å². The normalized spacial score (nSPS) is 19.6. The lowest BCUT2D eigenvalue weighted by molar-refractivity contribution is -0.138. The van der Waals surface area contributed by atoms with E-state index in [4.69, 9.17) is 9.47 Å². The van der Waals surface area contributed by atoms with Gasteiger partial charge in [0.1, 0.15) is 5.78 Å². The van der Waals surface area contributed by atoms with Gasteiger partial charge in [0.25, 0.3) is 0 Å². The van der Waals surface area contributed by atoms with Crippen molar-refractivity contribution in [3.8, 4) is 11.5 Å². The first-order valence-electron chi connectivity index (χ1n) is 15.4. The topological polar surface area (TPSA) is 96.8 Å². The van der Waals surface area contributed by atoms with E-state index in [2.05, 4.69) is 20.2 Å². The third-order valence-electron chi connectivity index (χ3n) is 9.07. The maximum Gasteiger partial charge on any atom is 0.419 e. The number of nitrogens with zero attached hydrogens (tertiary/aromatic N) is 3. The third kappa shape index (κ3) is 6.37. The summed E-state index contributed by atoms with van der Waals surface area (Å²) < 4.78 is 53.9. The molecule has 45 heavy (non-hydrogen) atoms. The highest BCUT2D eigenvalue weighted by atomic mass is 19.4. The lowest BCUT2D eigenvalue weighted by atomic mass is 9.81. The molecule has 0 bridgehead atoms. The molecule has 6 rings (SSSR count). The van der Waals surface area contributed by atoms with E-state index in [0.29, 0.717) is 36.6 Å². The number of Topliss-reactive ketones (excluding diaryl/α,β-unsaturated/α-hetero) is 1. The quantitative estimate of drug-likeness (QED) is 0.310. The molecule has 0 amide bonds. The number of carbonyl (C=O) groups is 1. The Morgan fingerprint density at radius 1 is 1.11 bits per heavy atom. The maximum absolute atomic E-state index is 14.0. The van der Waals surface area contributed by atoms with Gasteiger partial charge in [-0.1, -0.05) is 24.3 Å². The number of hydrogen-bond donors (Lipinski definition) is 2. The molecule has 3 aromatic rings. The Bertz CT molecular complexity index is 1620. The van der Waals surface area contributed by atoms with Crippen LogP contribution in [0.5, 0.6) is 11.5 Å². The van der Waals surface area contributed by atoms with E-state index >= 15 is 0 Å². The monoisotopic (exact) mass is 624 g/mol. The van der Waals surface area contributed by atoms with Crippen LogP contribution in [-0.4, -0.2) is 57.8 Å². The Morgan fingerprint density at radius 3 is 2.64 bits per heavy atom. The molecule has 0 spiro atoms. The zero-order valence-corrected chi connectivity index (χ0v) is 26.1. The number of benzene rings is 2. The van der Waals surface area contributed by atoms with E-state index in [1.807, 2.05) is 44.2 Å². The zero-order valence-electron chi connectivity index (χ0n) is 26.1. The Labute approximate surface area is 261 Å². The zero-order chi connectivity index (χ0) is 32.1. The second kappa shape index (κ2) is 11.6. The molecule has 8 nitrogen and oxygen atoms in total. The summed E-state index contributed by atoms with van der Waals surface area (Å²) in [6.07, 6.45) is -1.21. The number of halogens is 3. The number of ketones is 1. The van der Waals surface area contributed by atoms with Crippen LogP contribution in [0.3, 0.4) is 0 Å². The first-order valence-corrected chi connectivity index (χ1v) is 15.4. The van der Waals surface area contributed by atoms with Crippen molar-refractivity contribution in [2.45, 2.75) is 82.9 Å². The predicted molar refractivity (Wildman–Crippen MR) is 163 cm³/mol. The van der Waals surface area contributed by atoms with Crippen LogP contribution >= 0.6 is 0 Å². The minimum atomic E-state index is -4.62. The summed E-state index contributed by atoms with van der Waals surface area (Å²) >= 11 is 0. The van der Waals surface area contributed by atoms with Crippen molar-refractivity contribution in [3.63, 3.8) is 0 Å². The molecule has 3 aliphatic rings. The van der Waals surface area contributed by atoms with E-state index < -0.39 is 22.8 Å². The van der Waals surface area contributed by atoms with Gasteiger partial charge in [0.2, 0.25) is 12.7 Å². The average Bonchev–Trinajstić information content (AvgIpc) is 3.54. The number of nitrogens with one attached hydrogen (secondary N) is 1. The summed E-state index contributed by atoms with van der Waals surface area (Å²) in [5, 5.41) is 13.4. The lowest BCUT2D eigenvalue weighted by Crippen LogP contribution is -2.43. The Balaban J connectivity index is 1.25. The Kier molecular flexibility index (Phi) is 8.06. The van der Waals surface area contributed by atoms with E-state index in [1.165, 1.54) is 0 Å². The maximum atomic E-state index is 14.0. The molecule has 2 aliphatic heterocycles. The molecule has 240 valence electrons. The van der Waals surface area contributed by atoms with Crippen LogP contribution in [0.4, 0.5) is 24.8 Å². The molecule has 0 saturated carbocycles. The Morgan fingerprint density at radius 2 is 1.89 bits per heavy atom. The number of β-amino-alcohol motifs (C(OH)–C–C–N with tert-alkyl or cyclic N) is 1. The van der Waals surface area contributed by atoms with Gasteiger partial charge in [-0.3, -0.25) is 9.69 Å². The van der Waals surface area contributed by atoms with Gasteiger partial charge in [-0.15, -0.1) is 0 Å². The number of rotatable bonds is 8. The van der Waals surface area contributed by atoms with Crippen LogP contribution in [-0.2, 0) is 35.6 Å². The molecule has 11 heteroatoms. The van der Waals surface area contributed by atoms with E-state index in [0.717, 1.165) is 54.4 Å². The summed E-state index contributed by atoms with van der Waals surface area (Å²) in [7, 11) is 0. The SMILES string of the molecule is CC(C)(O)CN1CCCC(c2ccc(Nc3ncc(C(F)(F)F)c(CCc4cccc5c4C(C)(C)C(=O)C5)n3)c3c2OCO3)C1. The second-order valence-corrected chi connectivity index (χ2v) is 13.5. The summed E-state index contributed by atoms with van der Waals surface area (Å²) in [5.41, 5.74) is 1.70. The van der Waals surface area contributed by atoms with Crippen LogP contribution in [0.1, 0.15) is 80.0 Å². The van der Waals surface area contributed by atoms with Crippen LogP contribution < -0.4 is 14.8 Å². The minimum Gasteiger partial charge on any atom is -0.453 e.